The number of pyridine rings is 1. The molecular formula is C15H13NO. The van der Waals surface area contributed by atoms with E-state index in [1.165, 1.54) is 5.56 Å². The van der Waals surface area contributed by atoms with Gasteiger partial charge < -0.3 is 4.57 Å². The molecule has 0 atom stereocenters. The first-order chi connectivity index (χ1) is 8.18. The topological polar surface area (TPSA) is 22.0 Å². The highest BCUT2D eigenvalue weighted by Crippen LogP contribution is 2.23. The van der Waals surface area contributed by atoms with Crippen molar-refractivity contribution in [3.8, 4) is 0 Å². The van der Waals surface area contributed by atoms with Crippen LogP contribution in [0.15, 0.2) is 47.3 Å². The fourth-order valence-corrected chi connectivity index (χ4v) is 2.35. The van der Waals surface area contributed by atoms with E-state index in [2.05, 4.69) is 13.0 Å². The molecule has 0 aliphatic carbocycles. The van der Waals surface area contributed by atoms with Crippen LogP contribution in [0.1, 0.15) is 5.56 Å². The van der Waals surface area contributed by atoms with Crippen LogP contribution in [-0.4, -0.2) is 4.57 Å². The van der Waals surface area contributed by atoms with Crippen molar-refractivity contribution >= 4 is 21.7 Å². The molecular weight excluding hydrogens is 210 g/mol. The summed E-state index contributed by atoms with van der Waals surface area (Å²) < 4.78 is 1.72. The molecule has 0 aliphatic heterocycles. The smallest absolute Gasteiger partial charge is 0.258 e. The highest BCUT2D eigenvalue weighted by Gasteiger charge is 2.07. The predicted molar refractivity (Wildman–Crippen MR) is 71.4 cm³/mol. The lowest BCUT2D eigenvalue weighted by molar-refractivity contribution is 0.918. The summed E-state index contributed by atoms with van der Waals surface area (Å²) in [5, 5.41) is 2.96. The first-order valence-corrected chi connectivity index (χ1v) is 5.66. The number of fused-ring (bicyclic) bond motifs is 3. The molecule has 0 bridgehead atoms. The second kappa shape index (κ2) is 3.45. The van der Waals surface area contributed by atoms with Gasteiger partial charge >= 0.3 is 0 Å². The van der Waals surface area contributed by atoms with Gasteiger partial charge in [0, 0.05) is 17.8 Å². The van der Waals surface area contributed by atoms with Gasteiger partial charge in [-0.15, -0.1) is 0 Å². The van der Waals surface area contributed by atoms with E-state index in [1.54, 1.807) is 4.57 Å². The van der Waals surface area contributed by atoms with Crippen molar-refractivity contribution in [1.82, 2.24) is 4.57 Å². The zero-order valence-electron chi connectivity index (χ0n) is 9.90. The molecule has 0 N–H and O–H groups in total. The van der Waals surface area contributed by atoms with Crippen molar-refractivity contribution in [1.29, 1.82) is 0 Å². The molecule has 0 amide bonds. The van der Waals surface area contributed by atoms with Crippen molar-refractivity contribution in [2.75, 3.05) is 0 Å². The predicted octanol–water partition coefficient (Wildman–Crippen LogP) is 3.00. The van der Waals surface area contributed by atoms with Crippen LogP contribution in [-0.2, 0) is 7.05 Å². The van der Waals surface area contributed by atoms with Crippen molar-refractivity contribution < 1.29 is 0 Å². The second-order valence-electron chi connectivity index (χ2n) is 4.43. The molecule has 0 fully saturated rings. The number of nitrogens with zero attached hydrogens (tertiary/aromatic N) is 1. The zero-order valence-corrected chi connectivity index (χ0v) is 9.90. The molecule has 17 heavy (non-hydrogen) atoms. The molecule has 0 radical (unpaired) electrons. The molecule has 3 aromatic rings. The molecule has 0 aliphatic rings. The van der Waals surface area contributed by atoms with Gasteiger partial charge in [-0.25, -0.2) is 0 Å². The summed E-state index contributed by atoms with van der Waals surface area (Å²) in [5.74, 6) is 0. The van der Waals surface area contributed by atoms with E-state index in [9.17, 15) is 4.79 Å². The summed E-state index contributed by atoms with van der Waals surface area (Å²) in [4.78, 5) is 12.2. The largest absolute Gasteiger partial charge is 0.311 e. The van der Waals surface area contributed by atoms with Gasteiger partial charge in [0.1, 0.15) is 0 Å². The maximum atomic E-state index is 12.2. The van der Waals surface area contributed by atoms with E-state index in [-0.39, 0.29) is 5.56 Å². The molecule has 0 saturated carbocycles. The number of aryl methyl sites for hydroxylation is 2. The van der Waals surface area contributed by atoms with E-state index >= 15 is 0 Å². The van der Waals surface area contributed by atoms with Crippen LogP contribution in [0.2, 0.25) is 0 Å². The summed E-state index contributed by atoms with van der Waals surface area (Å²) in [6.07, 6.45) is 0. The first kappa shape index (κ1) is 10.1. The summed E-state index contributed by atoms with van der Waals surface area (Å²) in [6.45, 7) is 2.07. The van der Waals surface area contributed by atoms with Crippen LogP contribution in [0.4, 0.5) is 0 Å². The van der Waals surface area contributed by atoms with Crippen LogP contribution in [0, 0.1) is 6.92 Å². The molecule has 0 unspecified atom stereocenters. The van der Waals surface area contributed by atoms with Crippen LogP contribution in [0.5, 0.6) is 0 Å². The maximum absolute atomic E-state index is 12.2. The minimum atomic E-state index is 0.0666. The average molecular weight is 223 g/mol. The highest BCUT2D eigenvalue weighted by molar-refractivity contribution is 6.05. The number of hydrogen-bond acceptors (Lipinski definition) is 1. The Morgan fingerprint density at radius 3 is 2.41 bits per heavy atom. The minimum Gasteiger partial charge on any atom is -0.311 e. The van der Waals surface area contributed by atoms with Gasteiger partial charge in [0.15, 0.2) is 0 Å². The van der Waals surface area contributed by atoms with Crippen LogP contribution < -0.4 is 5.56 Å². The molecule has 0 spiro atoms. The van der Waals surface area contributed by atoms with Crippen LogP contribution in [0.3, 0.4) is 0 Å². The average Bonchev–Trinajstić information content (AvgIpc) is 2.36. The molecule has 0 saturated heterocycles. The maximum Gasteiger partial charge on any atom is 0.258 e. The lowest BCUT2D eigenvalue weighted by Crippen LogP contribution is -2.17. The molecule has 2 aromatic carbocycles. The van der Waals surface area contributed by atoms with Gasteiger partial charge in [0.25, 0.3) is 5.56 Å². The third-order valence-electron chi connectivity index (χ3n) is 3.27. The van der Waals surface area contributed by atoms with E-state index in [0.717, 1.165) is 21.7 Å². The summed E-state index contributed by atoms with van der Waals surface area (Å²) in [5.41, 5.74) is 2.26. The molecule has 2 heteroatoms. The summed E-state index contributed by atoms with van der Waals surface area (Å²) in [6, 6.07) is 14.0. The summed E-state index contributed by atoms with van der Waals surface area (Å²) >= 11 is 0. The van der Waals surface area contributed by atoms with Gasteiger partial charge in [-0.1, -0.05) is 29.8 Å². The lowest BCUT2D eigenvalue weighted by atomic mass is 10.0. The van der Waals surface area contributed by atoms with Crippen LogP contribution >= 0.6 is 0 Å². The van der Waals surface area contributed by atoms with E-state index in [1.807, 2.05) is 43.4 Å². The Balaban J connectivity index is 2.71. The first-order valence-electron chi connectivity index (χ1n) is 5.66. The Bertz CT molecular complexity index is 784. The number of aromatic nitrogens is 1. The molecule has 1 heterocycles. The number of rotatable bonds is 0. The van der Waals surface area contributed by atoms with E-state index < -0.39 is 0 Å². The second-order valence-corrected chi connectivity index (χ2v) is 4.43. The molecule has 2 nitrogen and oxygen atoms in total. The standard InChI is InChI=1S/C15H13NO/c1-10-7-8-14-13(9-10)11-5-3-4-6-12(11)15(17)16(14)2/h3-9H,1-2H3. The van der Waals surface area contributed by atoms with Gasteiger partial charge in [-0.2, -0.15) is 0 Å². The van der Waals surface area contributed by atoms with Crippen LogP contribution in [0.25, 0.3) is 21.7 Å². The Morgan fingerprint density at radius 1 is 0.941 bits per heavy atom. The molecule has 84 valence electrons. The lowest BCUT2D eigenvalue weighted by Gasteiger charge is -2.09. The SMILES string of the molecule is Cc1ccc2c(c1)c1ccccc1c(=O)n2C. The van der Waals surface area contributed by atoms with Gasteiger partial charge in [0.05, 0.1) is 5.52 Å². The fraction of sp³-hybridized carbons (Fsp3) is 0.133. The number of hydrogen-bond donors (Lipinski definition) is 0. The summed E-state index contributed by atoms with van der Waals surface area (Å²) in [7, 11) is 1.83. The number of benzene rings is 2. The van der Waals surface area contributed by atoms with Gasteiger partial charge in [-0.3, -0.25) is 4.79 Å². The third-order valence-corrected chi connectivity index (χ3v) is 3.27. The normalized spacial score (nSPS) is 11.2. The molecule has 1 aromatic heterocycles. The monoisotopic (exact) mass is 223 g/mol. The van der Waals surface area contributed by atoms with Crippen molar-refractivity contribution in [3.63, 3.8) is 0 Å². The fourth-order valence-electron chi connectivity index (χ4n) is 2.35. The Kier molecular flexibility index (Phi) is 2.05. The van der Waals surface area contributed by atoms with Crippen molar-refractivity contribution in [2.24, 2.45) is 7.05 Å². The third kappa shape index (κ3) is 1.37. The minimum absolute atomic E-state index is 0.0666. The Hall–Kier alpha value is -2.09. The van der Waals surface area contributed by atoms with E-state index in [0.29, 0.717) is 0 Å². The Labute approximate surface area is 99.1 Å². The quantitative estimate of drug-likeness (QED) is 0.537. The zero-order chi connectivity index (χ0) is 12.0. The van der Waals surface area contributed by atoms with Gasteiger partial charge in [0.2, 0.25) is 0 Å². The van der Waals surface area contributed by atoms with E-state index in [4.69, 9.17) is 0 Å². The van der Waals surface area contributed by atoms with Gasteiger partial charge in [-0.05, 0) is 30.5 Å². The highest BCUT2D eigenvalue weighted by atomic mass is 16.1. The molecule has 3 rings (SSSR count). The van der Waals surface area contributed by atoms with Crippen molar-refractivity contribution in [2.45, 2.75) is 6.92 Å². The Morgan fingerprint density at radius 2 is 1.65 bits per heavy atom. The van der Waals surface area contributed by atoms with Crippen molar-refractivity contribution in [3.05, 3.63) is 58.4 Å².